The quantitative estimate of drug-likeness (QED) is 0.589. The van der Waals surface area contributed by atoms with Crippen LogP contribution in [0.2, 0.25) is 0 Å². The number of hydrogen-bond acceptors (Lipinski definition) is 1. The van der Waals surface area contributed by atoms with E-state index in [1.165, 1.54) is 0 Å². The first-order chi connectivity index (χ1) is 3.85. The van der Waals surface area contributed by atoms with Gasteiger partial charge in [0, 0.05) is 5.41 Å². The van der Waals surface area contributed by atoms with Gasteiger partial charge in [0.25, 0.3) is 0 Å². The molecule has 1 N–H and O–H groups in total. The zero-order valence-electron chi connectivity index (χ0n) is 5.81. The summed E-state index contributed by atoms with van der Waals surface area (Å²) in [4.78, 5) is 9.97. The molecular formula is C6H11FO2. The van der Waals surface area contributed by atoms with Gasteiger partial charge < -0.3 is 5.11 Å². The topological polar surface area (TPSA) is 37.3 Å². The average Bonchev–Trinajstić information content (AvgIpc) is 1.62. The van der Waals surface area contributed by atoms with E-state index >= 15 is 0 Å². The molecule has 0 aromatic carbocycles. The minimum absolute atomic E-state index is 0.786. The van der Waals surface area contributed by atoms with Crippen LogP contribution in [0.1, 0.15) is 20.8 Å². The number of halogens is 1. The second-order valence-corrected chi connectivity index (χ2v) is 3.07. The Kier molecular flexibility index (Phi) is 2.18. The fourth-order valence-corrected chi connectivity index (χ4v) is 0.370. The fraction of sp³-hybridized carbons (Fsp3) is 0.833. The molecule has 0 bridgehead atoms. The van der Waals surface area contributed by atoms with Crippen LogP contribution >= 0.6 is 0 Å². The van der Waals surface area contributed by atoms with E-state index in [9.17, 15) is 9.18 Å². The molecule has 9 heavy (non-hydrogen) atoms. The van der Waals surface area contributed by atoms with Crippen molar-refractivity contribution in [3.05, 3.63) is 0 Å². The maximum Gasteiger partial charge on any atom is 0.338 e. The maximum absolute atomic E-state index is 12.4. The maximum atomic E-state index is 12.4. The van der Waals surface area contributed by atoms with Crippen molar-refractivity contribution in [3.63, 3.8) is 0 Å². The van der Waals surface area contributed by atoms with Gasteiger partial charge in [-0.05, 0) is 0 Å². The SMILES string of the molecule is CC(C)(C)C(F)C(=O)O. The molecule has 54 valence electrons. The van der Waals surface area contributed by atoms with Gasteiger partial charge in [0.15, 0.2) is 0 Å². The summed E-state index contributed by atoms with van der Waals surface area (Å²) in [5, 5.41) is 8.14. The first kappa shape index (κ1) is 8.40. The standard InChI is InChI=1S/C6H11FO2/c1-6(2,3)4(7)5(8)9/h4H,1-3H3,(H,8,9). The lowest BCUT2D eigenvalue weighted by molar-refractivity contribution is -0.146. The second-order valence-electron chi connectivity index (χ2n) is 3.07. The number of aliphatic carboxylic acids is 1. The predicted molar refractivity (Wildman–Crippen MR) is 32.0 cm³/mol. The molecule has 0 aromatic heterocycles. The average molecular weight is 134 g/mol. The summed E-state index contributed by atoms with van der Waals surface area (Å²) in [6.45, 7) is 4.64. The molecule has 1 unspecified atom stereocenters. The lowest BCUT2D eigenvalue weighted by Gasteiger charge is -2.18. The van der Waals surface area contributed by atoms with Crippen LogP contribution in [0.25, 0.3) is 0 Å². The van der Waals surface area contributed by atoms with E-state index < -0.39 is 17.6 Å². The van der Waals surface area contributed by atoms with E-state index in [-0.39, 0.29) is 0 Å². The van der Waals surface area contributed by atoms with Crippen LogP contribution in [0.15, 0.2) is 0 Å². The van der Waals surface area contributed by atoms with E-state index in [1.54, 1.807) is 20.8 Å². The summed E-state index contributed by atoms with van der Waals surface area (Å²) in [6, 6.07) is 0. The van der Waals surface area contributed by atoms with Crippen LogP contribution < -0.4 is 0 Å². The molecule has 0 rings (SSSR count). The molecule has 0 amide bonds. The highest BCUT2D eigenvalue weighted by Crippen LogP contribution is 2.21. The minimum Gasteiger partial charge on any atom is -0.479 e. The van der Waals surface area contributed by atoms with Gasteiger partial charge >= 0.3 is 5.97 Å². The Morgan fingerprint density at radius 2 is 1.89 bits per heavy atom. The molecule has 2 nitrogen and oxygen atoms in total. The Bertz CT molecular complexity index is 115. The summed E-state index contributed by atoms with van der Waals surface area (Å²) in [5.74, 6) is -1.39. The second kappa shape index (κ2) is 2.33. The van der Waals surface area contributed by atoms with Crippen molar-refractivity contribution in [2.45, 2.75) is 26.9 Å². The number of carbonyl (C=O) groups is 1. The lowest BCUT2D eigenvalue weighted by atomic mass is 9.90. The largest absolute Gasteiger partial charge is 0.479 e. The van der Waals surface area contributed by atoms with Crippen LogP contribution in [0.5, 0.6) is 0 Å². The van der Waals surface area contributed by atoms with Gasteiger partial charge in [-0.25, -0.2) is 9.18 Å². The van der Waals surface area contributed by atoms with Crippen molar-refractivity contribution >= 4 is 5.97 Å². The molecule has 0 aliphatic rings. The predicted octanol–water partition coefficient (Wildman–Crippen LogP) is 1.46. The van der Waals surface area contributed by atoms with Crippen LogP contribution in [0.3, 0.4) is 0 Å². The van der Waals surface area contributed by atoms with Crippen LogP contribution in [-0.4, -0.2) is 17.2 Å². The Hall–Kier alpha value is -0.600. The number of carboxylic acid groups (broad SMARTS) is 1. The molecule has 0 fully saturated rings. The first-order valence-corrected chi connectivity index (χ1v) is 2.72. The van der Waals surface area contributed by atoms with Crippen LogP contribution in [-0.2, 0) is 4.79 Å². The Morgan fingerprint density at radius 3 is 1.89 bits per heavy atom. The molecule has 1 atom stereocenters. The molecule has 0 aromatic rings. The van der Waals surface area contributed by atoms with Crippen LogP contribution in [0, 0.1) is 5.41 Å². The van der Waals surface area contributed by atoms with E-state index in [2.05, 4.69) is 0 Å². The van der Waals surface area contributed by atoms with Gasteiger partial charge in [-0.15, -0.1) is 0 Å². The van der Waals surface area contributed by atoms with Gasteiger partial charge in [0.1, 0.15) is 0 Å². The first-order valence-electron chi connectivity index (χ1n) is 2.72. The zero-order chi connectivity index (χ0) is 7.65. The summed E-state index contributed by atoms with van der Waals surface area (Å²) >= 11 is 0. The Labute approximate surface area is 53.7 Å². The Morgan fingerprint density at radius 1 is 1.56 bits per heavy atom. The van der Waals surface area contributed by atoms with Gasteiger partial charge in [-0.2, -0.15) is 0 Å². The van der Waals surface area contributed by atoms with Crippen molar-refractivity contribution in [2.75, 3.05) is 0 Å². The highest BCUT2D eigenvalue weighted by molar-refractivity contribution is 5.72. The van der Waals surface area contributed by atoms with Gasteiger partial charge in [-0.3, -0.25) is 0 Å². The zero-order valence-corrected chi connectivity index (χ0v) is 5.81. The van der Waals surface area contributed by atoms with Gasteiger partial charge in [0.05, 0.1) is 0 Å². The Balaban J connectivity index is 4.04. The fourth-order valence-electron chi connectivity index (χ4n) is 0.370. The lowest BCUT2D eigenvalue weighted by Crippen LogP contribution is -2.29. The van der Waals surface area contributed by atoms with Gasteiger partial charge in [-0.1, -0.05) is 20.8 Å². The third-order valence-electron chi connectivity index (χ3n) is 0.977. The van der Waals surface area contributed by atoms with Crippen LogP contribution in [0.4, 0.5) is 4.39 Å². The third kappa shape index (κ3) is 2.44. The molecule has 0 aliphatic carbocycles. The highest BCUT2D eigenvalue weighted by Gasteiger charge is 2.30. The molecule has 0 heterocycles. The molecule has 0 saturated carbocycles. The summed E-state index contributed by atoms with van der Waals surface area (Å²) in [7, 11) is 0. The number of alkyl halides is 1. The van der Waals surface area contributed by atoms with Crippen molar-refractivity contribution in [1.82, 2.24) is 0 Å². The van der Waals surface area contributed by atoms with Crippen molar-refractivity contribution in [2.24, 2.45) is 5.41 Å². The highest BCUT2D eigenvalue weighted by atomic mass is 19.1. The number of rotatable bonds is 1. The molecular weight excluding hydrogens is 123 g/mol. The molecule has 3 heteroatoms. The van der Waals surface area contributed by atoms with Gasteiger partial charge in [0.2, 0.25) is 6.17 Å². The number of carboxylic acids is 1. The molecule has 0 spiro atoms. The van der Waals surface area contributed by atoms with E-state index in [4.69, 9.17) is 5.11 Å². The normalized spacial score (nSPS) is 15.1. The molecule has 0 aliphatic heterocycles. The molecule has 0 saturated heterocycles. The third-order valence-corrected chi connectivity index (χ3v) is 0.977. The van der Waals surface area contributed by atoms with E-state index in [0.717, 1.165) is 0 Å². The van der Waals surface area contributed by atoms with Crippen molar-refractivity contribution in [1.29, 1.82) is 0 Å². The smallest absolute Gasteiger partial charge is 0.338 e. The van der Waals surface area contributed by atoms with E-state index in [1.807, 2.05) is 0 Å². The van der Waals surface area contributed by atoms with Crippen molar-refractivity contribution < 1.29 is 14.3 Å². The molecule has 0 radical (unpaired) electrons. The van der Waals surface area contributed by atoms with Crippen molar-refractivity contribution in [3.8, 4) is 0 Å². The minimum atomic E-state index is -1.77. The van der Waals surface area contributed by atoms with E-state index in [0.29, 0.717) is 0 Å². The number of hydrogen-bond donors (Lipinski definition) is 1. The summed E-state index contributed by atoms with van der Waals surface area (Å²) in [6.07, 6.45) is -1.77. The monoisotopic (exact) mass is 134 g/mol. The summed E-state index contributed by atoms with van der Waals surface area (Å²) in [5.41, 5.74) is -0.786. The summed E-state index contributed by atoms with van der Waals surface area (Å²) < 4.78 is 12.4.